The van der Waals surface area contributed by atoms with E-state index in [2.05, 4.69) is 40.5 Å². The van der Waals surface area contributed by atoms with Crippen molar-refractivity contribution in [3.05, 3.63) is 126 Å². The summed E-state index contributed by atoms with van der Waals surface area (Å²) in [7, 11) is 4.72. The Balaban J connectivity index is 0.000000174. The molecule has 0 amide bonds. The van der Waals surface area contributed by atoms with E-state index in [4.69, 9.17) is 25.7 Å². The number of nitrogens with zero attached hydrogens (tertiary/aromatic N) is 8. The van der Waals surface area contributed by atoms with Gasteiger partial charge in [0.05, 0.1) is 29.2 Å². The van der Waals surface area contributed by atoms with Crippen molar-refractivity contribution >= 4 is 56.7 Å². The van der Waals surface area contributed by atoms with Gasteiger partial charge in [0.15, 0.2) is 23.3 Å². The summed E-state index contributed by atoms with van der Waals surface area (Å²) in [5.41, 5.74) is 17.2. The van der Waals surface area contributed by atoms with Gasteiger partial charge in [0, 0.05) is 25.6 Å². The number of methoxy groups -OCH3 is 3. The monoisotopic (exact) mass is 772 g/mol. The summed E-state index contributed by atoms with van der Waals surface area (Å²) in [5.74, 6) is 0.262. The first-order valence-corrected chi connectivity index (χ1v) is 17.5. The zero-order valence-corrected chi connectivity index (χ0v) is 31.4. The summed E-state index contributed by atoms with van der Waals surface area (Å²) in [5, 5.41) is 5.91. The van der Waals surface area contributed by atoms with Crippen LogP contribution in [-0.2, 0) is 22.7 Å². The van der Waals surface area contributed by atoms with E-state index in [-0.39, 0.29) is 48.4 Å². The van der Waals surface area contributed by atoms with Gasteiger partial charge in [-0.1, -0.05) is 42.0 Å². The third kappa shape index (κ3) is 8.10. The first-order chi connectivity index (χ1) is 27.7. The second kappa shape index (κ2) is 16.6. The van der Waals surface area contributed by atoms with E-state index >= 15 is 0 Å². The van der Waals surface area contributed by atoms with Gasteiger partial charge in [-0.15, -0.1) is 0 Å². The lowest BCUT2D eigenvalue weighted by Crippen LogP contribution is -2.12. The van der Waals surface area contributed by atoms with Crippen molar-refractivity contribution in [2.75, 3.05) is 43.4 Å². The SMILES string of the molecule is COCc1nc2ccccc2n1-c1nc(N)c(F)c(Nc2ccc(C)cc2)n1.COCc1nc2ccccc2n1-c1nc(N)c(F)c(Nc2ccc(OC)cc2)n1. The fraction of sp³-hybridized carbons (Fsp3) is 0.150. The van der Waals surface area contributed by atoms with Crippen LogP contribution in [0.2, 0.25) is 0 Å². The van der Waals surface area contributed by atoms with Crippen LogP contribution in [0.15, 0.2) is 97.1 Å². The maximum atomic E-state index is 14.6. The molecule has 0 aliphatic carbocycles. The number of hydrogen-bond donors (Lipinski definition) is 4. The molecule has 8 rings (SSSR count). The van der Waals surface area contributed by atoms with Crippen LogP contribution in [0.3, 0.4) is 0 Å². The second-order valence-corrected chi connectivity index (χ2v) is 12.6. The quantitative estimate of drug-likeness (QED) is 0.104. The summed E-state index contributed by atoms with van der Waals surface area (Å²) >= 11 is 0. The summed E-state index contributed by atoms with van der Waals surface area (Å²) in [6.07, 6.45) is 0. The van der Waals surface area contributed by atoms with Gasteiger partial charge in [0.25, 0.3) is 0 Å². The number of nitrogens with two attached hydrogens (primary N) is 2. The Morgan fingerprint density at radius 1 is 0.561 bits per heavy atom. The summed E-state index contributed by atoms with van der Waals surface area (Å²) < 4.78 is 48.3. The van der Waals surface area contributed by atoms with Crippen molar-refractivity contribution in [3.63, 3.8) is 0 Å². The molecule has 6 N–H and O–H groups in total. The molecule has 0 radical (unpaired) electrons. The summed E-state index contributed by atoms with van der Waals surface area (Å²) in [4.78, 5) is 26.1. The van der Waals surface area contributed by atoms with Gasteiger partial charge < -0.3 is 36.3 Å². The Labute approximate surface area is 325 Å². The lowest BCUT2D eigenvalue weighted by Gasteiger charge is -2.12. The van der Waals surface area contributed by atoms with Crippen molar-refractivity contribution in [1.82, 2.24) is 39.0 Å². The Morgan fingerprint density at radius 2 is 0.982 bits per heavy atom. The van der Waals surface area contributed by atoms with Crippen molar-refractivity contribution in [1.29, 1.82) is 0 Å². The van der Waals surface area contributed by atoms with Crippen LogP contribution in [0, 0.1) is 18.6 Å². The Hall–Kier alpha value is -7.24. The highest BCUT2D eigenvalue weighted by Crippen LogP contribution is 2.28. The van der Waals surface area contributed by atoms with E-state index in [1.54, 1.807) is 54.7 Å². The maximum absolute atomic E-state index is 14.6. The molecule has 4 aromatic heterocycles. The molecule has 0 atom stereocenters. The minimum atomic E-state index is -0.734. The number of nitrogen functional groups attached to an aromatic ring is 2. The second-order valence-electron chi connectivity index (χ2n) is 12.6. The molecule has 57 heavy (non-hydrogen) atoms. The lowest BCUT2D eigenvalue weighted by molar-refractivity contribution is 0.176. The van der Waals surface area contributed by atoms with Crippen molar-refractivity contribution in [2.24, 2.45) is 0 Å². The Morgan fingerprint density at radius 3 is 1.40 bits per heavy atom. The Bertz CT molecular complexity index is 2670. The number of anilines is 6. The highest BCUT2D eigenvalue weighted by atomic mass is 19.1. The number of aromatic nitrogens is 8. The molecule has 0 unspecified atom stereocenters. The van der Waals surface area contributed by atoms with E-state index in [1.807, 2.05) is 79.7 Å². The van der Waals surface area contributed by atoms with Crippen molar-refractivity contribution < 1.29 is 23.0 Å². The van der Waals surface area contributed by atoms with E-state index in [9.17, 15) is 8.78 Å². The molecular formula is C40H38F2N12O3. The number of aryl methyl sites for hydroxylation is 1. The summed E-state index contributed by atoms with van der Waals surface area (Å²) in [6.45, 7) is 2.46. The minimum absolute atomic E-state index is 0.00694. The topological polar surface area (TPSA) is 191 Å². The normalized spacial score (nSPS) is 11.1. The van der Waals surface area contributed by atoms with Crippen molar-refractivity contribution in [2.45, 2.75) is 20.1 Å². The van der Waals surface area contributed by atoms with Crippen LogP contribution in [0.5, 0.6) is 5.75 Å². The molecular weight excluding hydrogens is 735 g/mol. The summed E-state index contributed by atoms with van der Waals surface area (Å²) in [6, 6.07) is 29.6. The third-order valence-corrected chi connectivity index (χ3v) is 8.60. The number of benzene rings is 4. The highest BCUT2D eigenvalue weighted by Gasteiger charge is 2.21. The van der Waals surface area contributed by atoms with E-state index < -0.39 is 11.6 Å². The molecule has 290 valence electrons. The van der Waals surface area contributed by atoms with Gasteiger partial charge in [-0.25, -0.2) is 9.97 Å². The largest absolute Gasteiger partial charge is 0.497 e. The van der Waals surface area contributed by atoms with Gasteiger partial charge in [0.1, 0.15) is 30.6 Å². The van der Waals surface area contributed by atoms with E-state index in [0.717, 1.165) is 27.6 Å². The van der Waals surface area contributed by atoms with Crippen molar-refractivity contribution in [3.8, 4) is 17.6 Å². The van der Waals surface area contributed by atoms with Gasteiger partial charge in [-0.05, 0) is 67.6 Å². The highest BCUT2D eigenvalue weighted by molar-refractivity contribution is 5.79. The molecule has 15 nitrogen and oxygen atoms in total. The van der Waals surface area contributed by atoms with Gasteiger partial charge in [0.2, 0.25) is 23.5 Å². The molecule has 0 aliphatic heterocycles. The first-order valence-electron chi connectivity index (χ1n) is 17.5. The van der Waals surface area contributed by atoms with Crippen LogP contribution in [0.1, 0.15) is 17.2 Å². The molecule has 0 aliphatic rings. The van der Waals surface area contributed by atoms with Crippen LogP contribution >= 0.6 is 0 Å². The van der Waals surface area contributed by atoms with Gasteiger partial charge in [-0.2, -0.15) is 28.7 Å². The number of ether oxygens (including phenoxy) is 3. The standard InChI is InChI=1S/C20H19FN6O2.C20H19FN6O/c1-28-11-16-24-14-5-3-4-6-15(14)27(16)20-25-18(22)17(21)19(26-20)23-12-7-9-13(29-2)10-8-12;1-12-7-9-13(10-8-12)23-19-17(21)18(22)25-20(26-19)27-15-6-4-3-5-14(15)24-16(27)11-28-2/h3-10H,11H2,1-2H3,(H3,22,23,25,26);3-10H,11H2,1-2H3,(H3,22,23,25,26). The van der Waals surface area contributed by atoms with E-state index in [0.29, 0.717) is 28.8 Å². The smallest absolute Gasteiger partial charge is 0.239 e. The Kier molecular flexibility index (Phi) is 11.1. The van der Waals surface area contributed by atoms with Gasteiger partial charge in [-0.3, -0.25) is 9.13 Å². The molecule has 0 saturated carbocycles. The average Bonchev–Trinajstić information content (AvgIpc) is 3.77. The molecule has 17 heteroatoms. The van der Waals surface area contributed by atoms with E-state index in [1.165, 1.54) is 0 Å². The predicted octanol–water partition coefficient (Wildman–Crippen LogP) is 7.17. The van der Waals surface area contributed by atoms with Crippen LogP contribution in [0.25, 0.3) is 34.0 Å². The van der Waals surface area contributed by atoms with Crippen LogP contribution in [0.4, 0.5) is 43.4 Å². The fourth-order valence-corrected chi connectivity index (χ4v) is 5.90. The average molecular weight is 773 g/mol. The predicted molar refractivity (Wildman–Crippen MR) is 214 cm³/mol. The molecule has 0 fully saturated rings. The molecule has 8 aromatic rings. The fourth-order valence-electron chi connectivity index (χ4n) is 5.90. The third-order valence-electron chi connectivity index (χ3n) is 8.60. The van der Waals surface area contributed by atoms with Crippen LogP contribution in [-0.4, -0.2) is 60.4 Å². The first kappa shape index (κ1) is 38.1. The number of imidazole rings is 2. The maximum Gasteiger partial charge on any atom is 0.239 e. The molecule has 0 spiro atoms. The van der Waals surface area contributed by atoms with Crippen LogP contribution < -0.4 is 26.8 Å². The molecule has 0 saturated heterocycles. The molecule has 4 heterocycles. The lowest BCUT2D eigenvalue weighted by atomic mass is 10.2. The number of fused-ring (bicyclic) bond motifs is 2. The number of nitrogens with one attached hydrogen (secondary N) is 2. The minimum Gasteiger partial charge on any atom is -0.497 e. The zero-order valence-electron chi connectivity index (χ0n) is 31.4. The molecule has 0 bridgehead atoms. The zero-order chi connectivity index (χ0) is 40.1. The number of halogens is 2. The number of rotatable bonds is 11. The molecule has 4 aromatic carbocycles. The number of hydrogen-bond acceptors (Lipinski definition) is 13. The number of para-hydroxylation sites is 4. The van der Waals surface area contributed by atoms with Gasteiger partial charge >= 0.3 is 0 Å².